The number of Topliss-reactive ketones (excluding diaryl/α,β-unsaturated/α-hetero) is 1. The Kier molecular flexibility index (Phi) is 5.43. The number of carbonyl (C=O) groups excluding carboxylic acids is 2. The highest BCUT2D eigenvalue weighted by Crippen LogP contribution is 2.59. The molecular weight excluding hydrogens is 450 g/mol. The number of nitrogens with zero attached hydrogens (tertiary/aromatic N) is 5. The molecule has 1 N–H and O–H groups in total. The molecule has 1 aliphatic heterocycles. The summed E-state index contributed by atoms with van der Waals surface area (Å²) in [7, 11) is 1.57. The van der Waals surface area contributed by atoms with Crippen molar-refractivity contribution in [2.75, 3.05) is 7.11 Å². The van der Waals surface area contributed by atoms with E-state index in [2.05, 4.69) is 15.1 Å². The van der Waals surface area contributed by atoms with Gasteiger partial charge in [0.05, 0.1) is 12.1 Å². The first-order valence-electron chi connectivity index (χ1n) is 11.5. The number of aromatic nitrogens is 4. The van der Waals surface area contributed by atoms with Gasteiger partial charge in [-0.05, 0) is 42.9 Å². The Morgan fingerprint density at radius 2 is 1.89 bits per heavy atom. The molecule has 10 nitrogen and oxygen atoms in total. The van der Waals surface area contributed by atoms with Crippen LogP contribution in [0.2, 0.25) is 0 Å². The van der Waals surface area contributed by atoms with Gasteiger partial charge in [-0.2, -0.15) is 5.10 Å². The third kappa shape index (κ3) is 3.87. The second-order valence-corrected chi connectivity index (χ2v) is 9.78. The third-order valence-electron chi connectivity index (χ3n) is 7.16. The highest BCUT2D eigenvalue weighted by molar-refractivity contribution is 6.07. The van der Waals surface area contributed by atoms with Gasteiger partial charge >= 0.3 is 5.97 Å². The lowest BCUT2D eigenvalue weighted by Gasteiger charge is -2.24. The molecule has 2 fully saturated rings. The minimum Gasteiger partial charge on any atom is -0.480 e. The van der Waals surface area contributed by atoms with E-state index in [-0.39, 0.29) is 42.0 Å². The number of methoxy groups -OCH3 is 1. The van der Waals surface area contributed by atoms with E-state index < -0.39 is 12.0 Å². The smallest absolute Gasteiger partial charge is 0.326 e. The quantitative estimate of drug-likeness (QED) is 0.515. The van der Waals surface area contributed by atoms with Crippen molar-refractivity contribution in [1.29, 1.82) is 0 Å². The van der Waals surface area contributed by atoms with Gasteiger partial charge in [0.25, 0.3) is 0 Å². The SMILES string of the molecule is COCc1cc(-c2cnc(C)nc2)cc2c(C(C)=O)nn(CC(=O)N3C(C(=O)O)CC4(C)CC34)c12. The van der Waals surface area contributed by atoms with Gasteiger partial charge in [-0.25, -0.2) is 14.8 Å². The van der Waals surface area contributed by atoms with Crippen LogP contribution in [0.3, 0.4) is 0 Å². The predicted molar refractivity (Wildman–Crippen MR) is 126 cm³/mol. The number of aliphatic carboxylic acids is 1. The summed E-state index contributed by atoms with van der Waals surface area (Å²) < 4.78 is 6.94. The number of rotatable bonds is 7. The molecule has 0 radical (unpaired) electrons. The summed E-state index contributed by atoms with van der Waals surface area (Å²) in [6.45, 7) is 5.32. The number of carbonyl (C=O) groups is 3. The highest BCUT2D eigenvalue weighted by Gasteiger charge is 2.64. The van der Waals surface area contributed by atoms with Gasteiger partial charge in [0.2, 0.25) is 5.91 Å². The molecule has 0 spiro atoms. The van der Waals surface area contributed by atoms with E-state index in [1.165, 1.54) is 16.5 Å². The predicted octanol–water partition coefficient (Wildman–Crippen LogP) is 2.61. The van der Waals surface area contributed by atoms with Crippen LogP contribution in [-0.4, -0.2) is 66.6 Å². The molecule has 35 heavy (non-hydrogen) atoms. The summed E-state index contributed by atoms with van der Waals surface area (Å²) >= 11 is 0. The lowest BCUT2D eigenvalue weighted by molar-refractivity contribution is -0.149. The van der Waals surface area contributed by atoms with E-state index in [0.29, 0.717) is 23.1 Å². The summed E-state index contributed by atoms with van der Waals surface area (Å²) in [5.74, 6) is -0.897. The fourth-order valence-electron chi connectivity index (χ4n) is 5.31. The molecule has 3 heterocycles. The number of ether oxygens (including phenoxy) is 1. The first-order valence-corrected chi connectivity index (χ1v) is 11.5. The second-order valence-electron chi connectivity index (χ2n) is 9.78. The Hall–Kier alpha value is -3.66. The van der Waals surface area contributed by atoms with Crippen molar-refractivity contribution in [1.82, 2.24) is 24.6 Å². The molecule has 182 valence electrons. The number of fused-ring (bicyclic) bond motifs is 2. The van der Waals surface area contributed by atoms with Crippen LogP contribution in [0.4, 0.5) is 0 Å². The van der Waals surface area contributed by atoms with Crippen LogP contribution in [0.5, 0.6) is 0 Å². The first-order chi connectivity index (χ1) is 16.6. The summed E-state index contributed by atoms with van der Waals surface area (Å²) in [6, 6.07) is 2.85. The number of hydrogen-bond acceptors (Lipinski definition) is 7. The van der Waals surface area contributed by atoms with Gasteiger partial charge < -0.3 is 14.7 Å². The zero-order chi connectivity index (χ0) is 25.1. The van der Waals surface area contributed by atoms with Crippen LogP contribution >= 0.6 is 0 Å². The van der Waals surface area contributed by atoms with Gasteiger partial charge in [0.1, 0.15) is 24.1 Å². The maximum atomic E-state index is 13.4. The Labute approximate surface area is 201 Å². The fourth-order valence-corrected chi connectivity index (χ4v) is 5.31. The van der Waals surface area contributed by atoms with Crippen LogP contribution in [0.15, 0.2) is 24.5 Å². The van der Waals surface area contributed by atoms with E-state index in [1.807, 2.05) is 19.1 Å². The van der Waals surface area contributed by atoms with Gasteiger partial charge in [-0.3, -0.25) is 14.3 Å². The number of piperidine rings is 1. The van der Waals surface area contributed by atoms with Crippen LogP contribution < -0.4 is 0 Å². The van der Waals surface area contributed by atoms with Crippen LogP contribution in [-0.2, 0) is 27.5 Å². The summed E-state index contributed by atoms with van der Waals surface area (Å²) in [5, 5.41) is 14.8. The molecule has 1 amide bonds. The van der Waals surface area contributed by atoms with Crippen molar-refractivity contribution in [3.8, 4) is 11.1 Å². The number of amides is 1. The zero-order valence-corrected chi connectivity index (χ0v) is 20.1. The van der Waals surface area contributed by atoms with E-state index in [1.54, 1.807) is 26.4 Å². The minimum absolute atomic E-state index is 0.0724. The molecule has 1 aromatic carbocycles. The zero-order valence-electron chi connectivity index (χ0n) is 20.1. The van der Waals surface area contributed by atoms with Crippen LogP contribution in [0, 0.1) is 12.3 Å². The van der Waals surface area contributed by atoms with Gasteiger partial charge in [-0.15, -0.1) is 0 Å². The molecule has 1 saturated heterocycles. The summed E-state index contributed by atoms with van der Waals surface area (Å²) in [5.41, 5.74) is 3.06. The largest absolute Gasteiger partial charge is 0.480 e. The van der Waals surface area contributed by atoms with Gasteiger partial charge in [-0.1, -0.05) is 6.92 Å². The van der Waals surface area contributed by atoms with Crippen molar-refractivity contribution < 1.29 is 24.2 Å². The molecule has 3 aromatic rings. The monoisotopic (exact) mass is 477 g/mol. The van der Waals surface area contributed by atoms with Crippen molar-refractivity contribution in [3.05, 3.63) is 41.6 Å². The number of aryl methyl sites for hydroxylation is 1. The molecule has 3 unspecified atom stereocenters. The van der Waals surface area contributed by atoms with Crippen LogP contribution in [0.1, 0.15) is 48.6 Å². The first kappa shape index (κ1) is 23.1. The van der Waals surface area contributed by atoms with E-state index >= 15 is 0 Å². The molecule has 2 aliphatic rings. The average Bonchev–Trinajstić information content (AvgIpc) is 3.17. The van der Waals surface area contributed by atoms with Crippen molar-refractivity contribution in [2.45, 2.75) is 58.8 Å². The van der Waals surface area contributed by atoms with E-state index in [9.17, 15) is 19.5 Å². The minimum atomic E-state index is -0.994. The highest BCUT2D eigenvalue weighted by atomic mass is 16.5. The van der Waals surface area contributed by atoms with Crippen LogP contribution in [0.25, 0.3) is 22.0 Å². The average molecular weight is 478 g/mol. The molecule has 10 heteroatoms. The van der Waals surface area contributed by atoms with E-state index in [4.69, 9.17) is 4.74 Å². The standard InChI is InChI=1S/C25H27N5O5/c1-13(31)22-18-6-15(17-9-26-14(2)27-10-17)5-16(12-35-4)23(18)29(28-22)11-21(32)30-19(24(33)34)7-25(3)8-20(25)30/h5-6,9-10,19-20H,7-8,11-12H2,1-4H3,(H,33,34). The molecular formula is C25H27N5O5. The maximum absolute atomic E-state index is 13.4. The molecule has 1 aliphatic carbocycles. The van der Waals surface area contributed by atoms with Crippen molar-refractivity contribution in [2.24, 2.45) is 5.41 Å². The summed E-state index contributed by atoms with van der Waals surface area (Å²) in [4.78, 5) is 47.8. The molecule has 0 bridgehead atoms. The molecule has 3 atom stereocenters. The van der Waals surface area contributed by atoms with Crippen molar-refractivity contribution in [3.63, 3.8) is 0 Å². The maximum Gasteiger partial charge on any atom is 0.326 e. The number of ketones is 1. The second kappa shape index (κ2) is 8.23. The third-order valence-corrected chi connectivity index (χ3v) is 7.16. The number of benzene rings is 1. The molecule has 2 aromatic heterocycles. The van der Waals surface area contributed by atoms with Gasteiger partial charge in [0.15, 0.2) is 5.78 Å². The van der Waals surface area contributed by atoms with E-state index in [0.717, 1.165) is 23.1 Å². The Bertz CT molecular complexity index is 1360. The number of hydrogen-bond donors (Lipinski definition) is 1. The lowest BCUT2D eigenvalue weighted by atomic mass is 10.0. The number of carboxylic acids is 1. The fraction of sp³-hybridized carbons (Fsp3) is 0.440. The molecule has 5 rings (SSSR count). The van der Waals surface area contributed by atoms with Crippen molar-refractivity contribution >= 4 is 28.6 Å². The Morgan fingerprint density at radius 3 is 2.51 bits per heavy atom. The number of likely N-dealkylation sites (tertiary alicyclic amines) is 1. The topological polar surface area (TPSA) is 128 Å². The number of carboxylic acid groups (broad SMARTS) is 1. The molecule has 1 saturated carbocycles. The Morgan fingerprint density at radius 1 is 1.17 bits per heavy atom. The normalized spacial score (nSPS) is 22.9. The summed E-state index contributed by atoms with van der Waals surface area (Å²) in [6.07, 6.45) is 4.69. The lowest BCUT2D eigenvalue weighted by Crippen LogP contribution is -2.44. The van der Waals surface area contributed by atoms with Gasteiger partial charge in [0, 0.05) is 49.0 Å². The Balaban J connectivity index is 1.59.